The third-order valence-electron chi connectivity index (χ3n) is 9.57. The Morgan fingerprint density at radius 3 is 2.74 bits per heavy atom. The molecule has 242 valence electrons. The Morgan fingerprint density at radius 2 is 1.98 bits per heavy atom. The minimum Gasteiger partial charge on any atom is -0.487 e. The second kappa shape index (κ2) is 12.4. The topological polar surface area (TPSA) is 128 Å². The standard InChI is InChI=1S/C34H41FN8O3/c1-21-20-46-34-31-27(13-28(35)32(34)41-11-8-24(36)18-41)33(44)23(17-43(21)31)16-42(15-22-7-9-38-30(12-22)45-2)26-4-3-10-40(19-26)25-5-6-29(37)39-14-25/h5-7,9,12-14,17,21,24,26H,3-4,8,10-11,15-16,18-20,36H2,1-2H3,(H2,37,39)/t21?,24?,26-/m0/s1. The Labute approximate surface area is 267 Å². The fourth-order valence-corrected chi connectivity index (χ4v) is 7.17. The summed E-state index contributed by atoms with van der Waals surface area (Å²) in [5.41, 5.74) is 15.6. The molecule has 0 spiro atoms. The number of ether oxygens (including phenoxy) is 2. The molecule has 3 aliphatic rings. The van der Waals surface area contributed by atoms with Gasteiger partial charge in [0.15, 0.2) is 17.0 Å². The largest absolute Gasteiger partial charge is 0.487 e. The van der Waals surface area contributed by atoms with E-state index in [4.69, 9.17) is 20.9 Å². The highest BCUT2D eigenvalue weighted by atomic mass is 19.1. The molecule has 6 heterocycles. The zero-order valence-electron chi connectivity index (χ0n) is 26.4. The number of methoxy groups -OCH3 is 1. The fourth-order valence-electron chi connectivity index (χ4n) is 7.17. The van der Waals surface area contributed by atoms with Crippen LogP contribution in [0.5, 0.6) is 11.6 Å². The fraction of sp³-hybridized carbons (Fsp3) is 0.441. The Kier molecular flexibility index (Phi) is 8.16. The molecular formula is C34H41FN8O3. The molecule has 1 aromatic carbocycles. The first-order valence-electron chi connectivity index (χ1n) is 16.0. The lowest BCUT2D eigenvalue weighted by Gasteiger charge is -2.40. The molecule has 0 saturated carbocycles. The van der Waals surface area contributed by atoms with Gasteiger partial charge in [-0.15, -0.1) is 0 Å². The van der Waals surface area contributed by atoms with Gasteiger partial charge in [0, 0.05) is 75.4 Å². The second-order valence-corrected chi connectivity index (χ2v) is 12.8. The van der Waals surface area contributed by atoms with Crippen molar-refractivity contribution >= 4 is 28.1 Å². The van der Waals surface area contributed by atoms with Crippen molar-refractivity contribution in [2.24, 2.45) is 5.73 Å². The minimum atomic E-state index is -0.451. The molecule has 46 heavy (non-hydrogen) atoms. The van der Waals surface area contributed by atoms with Gasteiger partial charge < -0.3 is 35.3 Å². The summed E-state index contributed by atoms with van der Waals surface area (Å²) in [7, 11) is 1.60. The summed E-state index contributed by atoms with van der Waals surface area (Å²) in [6.07, 6.45) is 8.25. The predicted molar refractivity (Wildman–Crippen MR) is 177 cm³/mol. The van der Waals surface area contributed by atoms with Gasteiger partial charge in [0.05, 0.1) is 35.9 Å². The van der Waals surface area contributed by atoms with Crippen molar-refractivity contribution in [2.75, 3.05) is 55.4 Å². The molecule has 2 unspecified atom stereocenters. The average molecular weight is 629 g/mol. The van der Waals surface area contributed by atoms with Crippen molar-refractivity contribution in [3.05, 3.63) is 76.1 Å². The van der Waals surface area contributed by atoms with Gasteiger partial charge in [-0.1, -0.05) is 0 Å². The van der Waals surface area contributed by atoms with Crippen molar-refractivity contribution in [3.63, 3.8) is 0 Å². The van der Waals surface area contributed by atoms with Crippen LogP contribution in [-0.2, 0) is 13.1 Å². The van der Waals surface area contributed by atoms with Gasteiger partial charge in [-0.3, -0.25) is 9.69 Å². The summed E-state index contributed by atoms with van der Waals surface area (Å²) < 4.78 is 29.6. The maximum atomic E-state index is 15.9. The quantitative estimate of drug-likeness (QED) is 0.298. The number of nitrogens with two attached hydrogens (primary N) is 2. The number of piperidine rings is 1. The molecule has 7 rings (SSSR count). The Balaban J connectivity index is 1.28. The van der Waals surface area contributed by atoms with Crippen LogP contribution >= 0.6 is 0 Å². The number of pyridine rings is 3. The number of nitrogen functional groups attached to an aromatic ring is 1. The van der Waals surface area contributed by atoms with E-state index in [1.807, 2.05) is 41.6 Å². The minimum absolute atomic E-state index is 0.0206. The number of anilines is 3. The van der Waals surface area contributed by atoms with Gasteiger partial charge in [0.1, 0.15) is 18.1 Å². The molecule has 0 radical (unpaired) electrons. The maximum Gasteiger partial charge on any atom is 0.213 e. The summed E-state index contributed by atoms with van der Waals surface area (Å²) in [5.74, 6) is 1.01. The van der Waals surface area contributed by atoms with E-state index in [9.17, 15) is 4.79 Å². The number of hydrogen-bond donors (Lipinski definition) is 2. The molecule has 3 aliphatic heterocycles. The Morgan fingerprint density at radius 1 is 1.11 bits per heavy atom. The van der Waals surface area contributed by atoms with Crippen LogP contribution < -0.4 is 36.2 Å². The van der Waals surface area contributed by atoms with Crippen LogP contribution in [0, 0.1) is 5.82 Å². The van der Waals surface area contributed by atoms with E-state index < -0.39 is 5.82 Å². The monoisotopic (exact) mass is 628 g/mol. The number of rotatable bonds is 8. The highest BCUT2D eigenvalue weighted by molar-refractivity contribution is 5.92. The van der Waals surface area contributed by atoms with Crippen molar-refractivity contribution in [1.29, 1.82) is 0 Å². The zero-order valence-corrected chi connectivity index (χ0v) is 26.4. The van der Waals surface area contributed by atoms with Gasteiger partial charge in [-0.05, 0) is 56.0 Å². The van der Waals surface area contributed by atoms with Gasteiger partial charge in [-0.2, -0.15) is 0 Å². The van der Waals surface area contributed by atoms with Crippen molar-refractivity contribution < 1.29 is 13.9 Å². The van der Waals surface area contributed by atoms with Crippen LogP contribution in [0.1, 0.15) is 43.4 Å². The van der Waals surface area contributed by atoms with Crippen LogP contribution in [-0.4, -0.2) is 71.4 Å². The van der Waals surface area contributed by atoms with E-state index in [1.165, 1.54) is 6.07 Å². The van der Waals surface area contributed by atoms with E-state index in [2.05, 4.69) is 31.3 Å². The molecule has 4 N–H and O–H groups in total. The molecule has 11 nitrogen and oxygen atoms in total. The number of hydrogen-bond acceptors (Lipinski definition) is 10. The smallest absolute Gasteiger partial charge is 0.213 e. The Hall–Kier alpha value is -4.42. The molecule has 2 saturated heterocycles. The molecule has 0 amide bonds. The van der Waals surface area contributed by atoms with Crippen molar-refractivity contribution in [3.8, 4) is 11.6 Å². The molecule has 3 atom stereocenters. The lowest BCUT2D eigenvalue weighted by atomic mass is 10.0. The molecule has 12 heteroatoms. The van der Waals surface area contributed by atoms with Crippen LogP contribution in [0.15, 0.2) is 53.7 Å². The Bertz CT molecular complexity index is 1800. The summed E-state index contributed by atoms with van der Waals surface area (Å²) in [6.45, 7) is 6.30. The average Bonchev–Trinajstić information content (AvgIpc) is 3.49. The van der Waals surface area contributed by atoms with Gasteiger partial charge >= 0.3 is 0 Å². The second-order valence-electron chi connectivity index (χ2n) is 12.8. The van der Waals surface area contributed by atoms with Crippen LogP contribution in [0.25, 0.3) is 10.9 Å². The predicted octanol–water partition coefficient (Wildman–Crippen LogP) is 3.68. The normalized spacial score (nSPS) is 21.2. The molecule has 4 aromatic rings. The molecule has 3 aromatic heterocycles. The number of aromatic nitrogens is 3. The number of nitrogens with zero attached hydrogens (tertiary/aromatic N) is 6. The summed E-state index contributed by atoms with van der Waals surface area (Å²) in [5, 5.41) is 0.340. The van der Waals surface area contributed by atoms with Crippen molar-refractivity contribution in [2.45, 2.75) is 57.4 Å². The van der Waals surface area contributed by atoms with Gasteiger partial charge in [0.25, 0.3) is 0 Å². The lowest BCUT2D eigenvalue weighted by Crippen LogP contribution is -2.48. The summed E-state index contributed by atoms with van der Waals surface area (Å²) in [4.78, 5) is 29.5. The van der Waals surface area contributed by atoms with E-state index in [1.54, 1.807) is 13.3 Å². The van der Waals surface area contributed by atoms with Crippen molar-refractivity contribution in [1.82, 2.24) is 19.4 Å². The van der Waals surface area contributed by atoms with Gasteiger partial charge in [0.2, 0.25) is 5.88 Å². The SMILES string of the molecule is COc1cc(CN(Cc2cn3c4c(c(N5CCC(N)C5)c(F)cc4c2=O)OCC3C)[C@H]2CCCN(c3ccc(N)nc3)C2)ccn1. The molecular weight excluding hydrogens is 587 g/mol. The molecule has 0 bridgehead atoms. The van der Waals surface area contributed by atoms with E-state index >= 15 is 4.39 Å². The zero-order chi connectivity index (χ0) is 31.9. The summed E-state index contributed by atoms with van der Waals surface area (Å²) >= 11 is 0. The highest BCUT2D eigenvalue weighted by Gasteiger charge is 2.33. The van der Waals surface area contributed by atoms with E-state index in [0.29, 0.717) is 72.4 Å². The number of halogens is 1. The third kappa shape index (κ3) is 5.71. The van der Waals surface area contributed by atoms with E-state index in [-0.39, 0.29) is 23.6 Å². The van der Waals surface area contributed by atoms with E-state index in [0.717, 1.165) is 43.6 Å². The maximum absolute atomic E-state index is 15.9. The first-order valence-corrected chi connectivity index (χ1v) is 16.0. The van der Waals surface area contributed by atoms with Crippen LogP contribution in [0.2, 0.25) is 0 Å². The van der Waals surface area contributed by atoms with Crippen LogP contribution in [0.3, 0.4) is 0 Å². The molecule has 0 aliphatic carbocycles. The highest BCUT2D eigenvalue weighted by Crippen LogP contribution is 2.43. The first kappa shape index (κ1) is 30.2. The first-order chi connectivity index (χ1) is 22.3. The van der Waals surface area contributed by atoms with Gasteiger partial charge in [-0.25, -0.2) is 14.4 Å². The molecule has 2 fully saturated rings. The third-order valence-corrected chi connectivity index (χ3v) is 9.57. The van der Waals surface area contributed by atoms with Crippen LogP contribution in [0.4, 0.5) is 21.6 Å². The lowest BCUT2D eigenvalue weighted by molar-refractivity contribution is 0.157. The summed E-state index contributed by atoms with van der Waals surface area (Å²) in [6, 6.07) is 9.22. The number of benzene rings is 1.